The van der Waals surface area contributed by atoms with Crippen LogP contribution in [0.15, 0.2) is 50.7 Å². The van der Waals surface area contributed by atoms with Crippen molar-refractivity contribution in [2.75, 3.05) is 20.3 Å². The summed E-state index contributed by atoms with van der Waals surface area (Å²) >= 11 is 9.14. The Balaban J connectivity index is 1.90. The van der Waals surface area contributed by atoms with Gasteiger partial charge in [-0.2, -0.15) is 0 Å². The van der Waals surface area contributed by atoms with E-state index in [0.29, 0.717) is 49.3 Å². The molecule has 7 nitrogen and oxygen atoms in total. The molecule has 1 aliphatic rings. The van der Waals surface area contributed by atoms with Crippen LogP contribution in [0.4, 0.5) is 0 Å². The van der Waals surface area contributed by atoms with Crippen LogP contribution >= 0.6 is 34.3 Å². The second-order valence-corrected chi connectivity index (χ2v) is 9.68. The maximum atomic E-state index is 13.6. The number of ether oxygens (including phenoxy) is 3. The van der Waals surface area contributed by atoms with Crippen molar-refractivity contribution in [1.82, 2.24) is 4.57 Å². The molecule has 1 aliphatic heterocycles. The molecule has 0 N–H and O–H groups in total. The van der Waals surface area contributed by atoms with E-state index in [1.165, 1.54) is 29.8 Å². The van der Waals surface area contributed by atoms with Crippen LogP contribution in [0.1, 0.15) is 37.3 Å². The molecule has 4 rings (SSSR count). The van der Waals surface area contributed by atoms with E-state index >= 15 is 0 Å². The molecule has 0 spiro atoms. The van der Waals surface area contributed by atoms with Crippen molar-refractivity contribution in [3.63, 3.8) is 0 Å². The Morgan fingerprint density at radius 2 is 2.09 bits per heavy atom. The largest absolute Gasteiger partial charge is 0.493 e. The summed E-state index contributed by atoms with van der Waals surface area (Å²) in [5.74, 6) is 0.461. The molecular formula is C24H23ClN2O5S2. The van der Waals surface area contributed by atoms with Crippen LogP contribution in [0.3, 0.4) is 0 Å². The average Bonchev–Trinajstić information content (AvgIpc) is 3.43. The van der Waals surface area contributed by atoms with Gasteiger partial charge in [0.1, 0.15) is 6.04 Å². The first kappa shape index (κ1) is 24.3. The molecule has 34 heavy (non-hydrogen) atoms. The van der Waals surface area contributed by atoms with E-state index < -0.39 is 12.0 Å². The normalized spacial score (nSPS) is 15.7. The fourth-order valence-corrected chi connectivity index (χ4v) is 5.91. The summed E-state index contributed by atoms with van der Waals surface area (Å²) in [7, 11) is 1.53. The minimum Gasteiger partial charge on any atom is -0.493 e. The number of carbonyl (C=O) groups is 1. The topological polar surface area (TPSA) is 79.1 Å². The van der Waals surface area contributed by atoms with E-state index in [9.17, 15) is 9.59 Å². The van der Waals surface area contributed by atoms with Gasteiger partial charge >= 0.3 is 5.97 Å². The minimum atomic E-state index is -0.601. The van der Waals surface area contributed by atoms with Crippen LogP contribution < -0.4 is 24.4 Å². The van der Waals surface area contributed by atoms with Gasteiger partial charge in [0.15, 0.2) is 16.3 Å². The van der Waals surface area contributed by atoms with E-state index in [0.717, 1.165) is 4.88 Å². The number of rotatable bonds is 7. The van der Waals surface area contributed by atoms with Gasteiger partial charge in [0.25, 0.3) is 5.56 Å². The lowest BCUT2D eigenvalue weighted by Crippen LogP contribution is -2.39. The molecule has 178 valence electrons. The van der Waals surface area contributed by atoms with Gasteiger partial charge in [0, 0.05) is 4.88 Å². The highest BCUT2D eigenvalue weighted by Gasteiger charge is 2.33. The number of halogens is 1. The first-order valence-corrected chi connectivity index (χ1v) is 12.7. The SMILES string of the molecule is CCOC(=O)C1=C(C)N=c2s/c(=C\c3cc(Cl)c(OCC)c(OC)c3)c(=O)n2[C@H]1c1cccs1. The highest BCUT2D eigenvalue weighted by Crippen LogP contribution is 2.37. The summed E-state index contributed by atoms with van der Waals surface area (Å²) in [4.78, 5) is 32.4. The second kappa shape index (κ2) is 10.2. The van der Waals surface area contributed by atoms with Crippen LogP contribution in [0.2, 0.25) is 5.02 Å². The third-order valence-electron chi connectivity index (χ3n) is 5.17. The summed E-state index contributed by atoms with van der Waals surface area (Å²) in [6, 6.07) is 6.68. The van der Waals surface area contributed by atoms with E-state index in [1.807, 2.05) is 24.4 Å². The number of carbonyl (C=O) groups excluding carboxylic acids is 1. The molecule has 0 saturated carbocycles. The number of methoxy groups -OCH3 is 1. The fraction of sp³-hybridized carbons (Fsp3) is 0.292. The van der Waals surface area contributed by atoms with Crippen LogP contribution in [0.5, 0.6) is 11.5 Å². The third-order valence-corrected chi connectivity index (χ3v) is 7.36. The number of aromatic nitrogens is 1. The molecule has 0 unspecified atom stereocenters. The summed E-state index contributed by atoms with van der Waals surface area (Å²) in [5.41, 5.74) is 1.34. The molecule has 0 fully saturated rings. The summed E-state index contributed by atoms with van der Waals surface area (Å²) in [6.45, 7) is 6.05. The zero-order valence-corrected chi connectivity index (χ0v) is 21.5. The first-order chi connectivity index (χ1) is 16.4. The number of fused-ring (bicyclic) bond motifs is 1. The molecular weight excluding hydrogens is 496 g/mol. The van der Waals surface area contributed by atoms with E-state index in [1.54, 1.807) is 36.6 Å². The number of nitrogens with zero attached hydrogens (tertiary/aromatic N) is 2. The van der Waals surface area contributed by atoms with Gasteiger partial charge in [0.05, 0.1) is 41.1 Å². The number of allylic oxidation sites excluding steroid dienone is 1. The third kappa shape index (κ3) is 4.43. The number of thiophene rings is 1. The van der Waals surface area contributed by atoms with Gasteiger partial charge in [-0.1, -0.05) is 29.0 Å². The zero-order chi connectivity index (χ0) is 24.4. The smallest absolute Gasteiger partial charge is 0.338 e. The monoisotopic (exact) mass is 518 g/mol. The second-order valence-electron chi connectivity index (χ2n) is 7.28. The molecule has 10 heteroatoms. The molecule has 0 bridgehead atoms. The maximum absolute atomic E-state index is 13.6. The molecule has 0 saturated heterocycles. The van der Waals surface area contributed by atoms with Gasteiger partial charge in [-0.3, -0.25) is 9.36 Å². The molecule has 1 atom stereocenters. The number of thiazole rings is 1. The highest BCUT2D eigenvalue weighted by atomic mass is 35.5. The summed E-state index contributed by atoms with van der Waals surface area (Å²) in [6.07, 6.45) is 1.74. The first-order valence-electron chi connectivity index (χ1n) is 10.6. The van der Waals surface area contributed by atoms with Gasteiger partial charge in [-0.05, 0) is 56.0 Å². The summed E-state index contributed by atoms with van der Waals surface area (Å²) in [5, 5.41) is 2.30. The zero-order valence-electron chi connectivity index (χ0n) is 19.1. The number of esters is 1. The summed E-state index contributed by atoms with van der Waals surface area (Å²) < 4.78 is 18.3. The highest BCUT2D eigenvalue weighted by molar-refractivity contribution is 7.10. The molecule has 0 aliphatic carbocycles. The molecule has 1 aromatic carbocycles. The predicted molar refractivity (Wildman–Crippen MR) is 134 cm³/mol. The Morgan fingerprint density at radius 1 is 1.29 bits per heavy atom. The van der Waals surface area contributed by atoms with Crippen molar-refractivity contribution in [2.24, 2.45) is 4.99 Å². The van der Waals surface area contributed by atoms with E-state index in [2.05, 4.69) is 4.99 Å². The maximum Gasteiger partial charge on any atom is 0.338 e. The van der Waals surface area contributed by atoms with Gasteiger partial charge in [-0.25, -0.2) is 9.79 Å². The van der Waals surface area contributed by atoms with Crippen molar-refractivity contribution in [3.8, 4) is 11.5 Å². The Bertz CT molecular complexity index is 1440. The van der Waals surface area contributed by atoms with Crippen molar-refractivity contribution in [1.29, 1.82) is 0 Å². The Labute approximate surface area is 209 Å². The minimum absolute atomic E-state index is 0.234. The Morgan fingerprint density at radius 3 is 2.74 bits per heavy atom. The Hall–Kier alpha value is -2.88. The van der Waals surface area contributed by atoms with Crippen LogP contribution in [-0.4, -0.2) is 30.9 Å². The number of hydrogen-bond acceptors (Lipinski definition) is 8. The molecule has 0 radical (unpaired) electrons. The van der Waals surface area contributed by atoms with Crippen LogP contribution in [0, 0.1) is 0 Å². The van der Waals surface area contributed by atoms with Gasteiger partial charge < -0.3 is 14.2 Å². The van der Waals surface area contributed by atoms with Crippen molar-refractivity contribution < 1.29 is 19.0 Å². The number of hydrogen-bond donors (Lipinski definition) is 0. The van der Waals surface area contributed by atoms with Crippen molar-refractivity contribution in [2.45, 2.75) is 26.8 Å². The van der Waals surface area contributed by atoms with E-state index in [-0.39, 0.29) is 12.2 Å². The fourth-order valence-electron chi connectivity index (χ4n) is 3.77. The van der Waals surface area contributed by atoms with Gasteiger partial charge in [0.2, 0.25) is 0 Å². The van der Waals surface area contributed by atoms with Crippen molar-refractivity contribution >= 4 is 46.3 Å². The van der Waals surface area contributed by atoms with E-state index in [4.69, 9.17) is 25.8 Å². The lowest BCUT2D eigenvalue weighted by atomic mass is 10.0. The predicted octanol–water partition coefficient (Wildman–Crippen LogP) is 3.92. The van der Waals surface area contributed by atoms with Crippen LogP contribution in [0.25, 0.3) is 6.08 Å². The van der Waals surface area contributed by atoms with Gasteiger partial charge in [-0.15, -0.1) is 11.3 Å². The number of benzene rings is 1. The molecule has 3 aromatic rings. The average molecular weight is 519 g/mol. The molecule has 2 aromatic heterocycles. The lowest BCUT2D eigenvalue weighted by Gasteiger charge is -2.23. The lowest BCUT2D eigenvalue weighted by molar-refractivity contribution is -0.139. The van der Waals surface area contributed by atoms with Crippen LogP contribution in [-0.2, 0) is 9.53 Å². The molecule has 0 amide bonds. The Kier molecular flexibility index (Phi) is 7.25. The standard InChI is InChI=1S/C24H23ClN2O5S2/c1-5-31-21-15(25)10-14(11-16(21)30-4)12-18-22(28)27-20(17-8-7-9-33-17)19(23(29)32-6-2)13(3)26-24(27)34-18/h7-12,20H,5-6H2,1-4H3/b18-12-/t20-/m0/s1. The van der Waals surface area contributed by atoms with Crippen molar-refractivity contribution in [3.05, 3.63) is 76.1 Å². The quantitative estimate of drug-likeness (QED) is 0.443. The molecule has 3 heterocycles.